The Morgan fingerprint density at radius 1 is 1.31 bits per heavy atom. The molecule has 1 saturated carbocycles. The highest BCUT2D eigenvalue weighted by Gasteiger charge is 2.23. The van der Waals surface area contributed by atoms with Crippen LogP contribution in [0.15, 0.2) is 12.4 Å². The molecule has 2 unspecified atom stereocenters. The summed E-state index contributed by atoms with van der Waals surface area (Å²) in [5.41, 5.74) is 0. The maximum Gasteiger partial charge on any atom is 0.225 e. The summed E-state index contributed by atoms with van der Waals surface area (Å²) in [6.07, 6.45) is 9.01. The van der Waals surface area contributed by atoms with Crippen LogP contribution in [0.4, 0.5) is 5.95 Å². The maximum absolute atomic E-state index is 4.39. The van der Waals surface area contributed by atoms with Crippen molar-refractivity contribution in [2.45, 2.75) is 38.6 Å². The molecule has 1 aliphatic carbocycles. The van der Waals surface area contributed by atoms with Crippen LogP contribution in [-0.4, -0.2) is 23.1 Å². The predicted octanol–water partition coefficient (Wildman–Crippen LogP) is 3.10. The van der Waals surface area contributed by atoms with Gasteiger partial charge in [-0.15, -0.1) is 0 Å². The van der Waals surface area contributed by atoms with Crippen molar-refractivity contribution < 1.29 is 0 Å². The van der Waals surface area contributed by atoms with Crippen LogP contribution in [0, 0.1) is 9.49 Å². The lowest BCUT2D eigenvalue weighted by Gasteiger charge is -2.34. The van der Waals surface area contributed by atoms with Crippen molar-refractivity contribution in [3.8, 4) is 0 Å². The van der Waals surface area contributed by atoms with Crippen LogP contribution in [0.5, 0.6) is 0 Å². The van der Waals surface area contributed by atoms with E-state index in [0.717, 1.165) is 15.4 Å². The Hall–Kier alpha value is -0.390. The Morgan fingerprint density at radius 2 is 2.00 bits per heavy atom. The maximum atomic E-state index is 4.39. The molecule has 2 atom stereocenters. The van der Waals surface area contributed by atoms with Crippen molar-refractivity contribution in [3.63, 3.8) is 0 Å². The summed E-state index contributed by atoms with van der Waals surface area (Å²) in [7, 11) is 2.12. The SMILES string of the molecule is CC1CCCC(N(C)c2ncc(I)cn2)C1. The molecule has 0 bridgehead atoms. The minimum Gasteiger partial charge on any atom is -0.341 e. The molecule has 0 spiro atoms. The van der Waals surface area contributed by atoms with Gasteiger partial charge in [-0.1, -0.05) is 19.8 Å². The second-order valence-corrected chi connectivity index (χ2v) is 5.98. The van der Waals surface area contributed by atoms with E-state index in [-0.39, 0.29) is 0 Å². The van der Waals surface area contributed by atoms with E-state index in [1.807, 2.05) is 12.4 Å². The van der Waals surface area contributed by atoms with Gasteiger partial charge in [-0.3, -0.25) is 0 Å². The van der Waals surface area contributed by atoms with Gasteiger partial charge in [0.15, 0.2) is 0 Å². The van der Waals surface area contributed by atoms with Crippen molar-refractivity contribution in [1.29, 1.82) is 0 Å². The Labute approximate surface area is 111 Å². The Morgan fingerprint density at radius 3 is 2.62 bits per heavy atom. The predicted molar refractivity (Wildman–Crippen MR) is 74.6 cm³/mol. The minimum atomic E-state index is 0.615. The average Bonchev–Trinajstić information content (AvgIpc) is 2.29. The molecule has 1 fully saturated rings. The number of nitrogens with zero attached hydrogens (tertiary/aromatic N) is 3. The van der Waals surface area contributed by atoms with E-state index in [4.69, 9.17) is 0 Å². The molecule has 3 nitrogen and oxygen atoms in total. The van der Waals surface area contributed by atoms with Gasteiger partial charge in [0.1, 0.15) is 0 Å². The van der Waals surface area contributed by atoms with Crippen molar-refractivity contribution in [2.75, 3.05) is 11.9 Å². The molecule has 0 saturated heterocycles. The first-order valence-electron chi connectivity index (χ1n) is 5.87. The molecule has 1 aromatic rings. The van der Waals surface area contributed by atoms with Crippen molar-refractivity contribution in [2.24, 2.45) is 5.92 Å². The summed E-state index contributed by atoms with van der Waals surface area (Å²) < 4.78 is 1.09. The molecule has 88 valence electrons. The smallest absolute Gasteiger partial charge is 0.225 e. The van der Waals surface area contributed by atoms with Crippen molar-refractivity contribution in [3.05, 3.63) is 16.0 Å². The minimum absolute atomic E-state index is 0.615. The fourth-order valence-corrected chi connectivity index (χ4v) is 2.68. The van der Waals surface area contributed by atoms with Crippen LogP contribution in [0.1, 0.15) is 32.6 Å². The van der Waals surface area contributed by atoms with E-state index in [0.29, 0.717) is 6.04 Å². The summed E-state index contributed by atoms with van der Waals surface area (Å²) in [6, 6.07) is 0.615. The molecule has 0 N–H and O–H groups in total. The number of hydrogen-bond acceptors (Lipinski definition) is 3. The van der Waals surface area contributed by atoms with Gasteiger partial charge in [0.25, 0.3) is 0 Å². The molecule has 1 aromatic heterocycles. The third-order valence-corrected chi connectivity index (χ3v) is 3.94. The summed E-state index contributed by atoms with van der Waals surface area (Å²) in [4.78, 5) is 11.0. The standard InChI is InChI=1S/C12H18IN3/c1-9-4-3-5-11(6-9)16(2)12-14-7-10(13)8-15-12/h7-9,11H,3-6H2,1-2H3. The van der Waals surface area contributed by atoms with Crippen molar-refractivity contribution in [1.82, 2.24) is 9.97 Å². The van der Waals surface area contributed by atoms with Crippen LogP contribution in [0.3, 0.4) is 0 Å². The van der Waals surface area contributed by atoms with Gasteiger partial charge >= 0.3 is 0 Å². The highest BCUT2D eigenvalue weighted by atomic mass is 127. The summed E-state index contributed by atoms with van der Waals surface area (Å²) in [5, 5.41) is 0. The van der Waals surface area contributed by atoms with Gasteiger partial charge in [0, 0.05) is 29.1 Å². The Balaban J connectivity index is 2.06. The van der Waals surface area contributed by atoms with Gasteiger partial charge in [-0.2, -0.15) is 0 Å². The summed E-state index contributed by atoms with van der Waals surface area (Å²) >= 11 is 2.23. The monoisotopic (exact) mass is 331 g/mol. The van der Waals surface area contributed by atoms with E-state index in [9.17, 15) is 0 Å². The quantitative estimate of drug-likeness (QED) is 0.780. The van der Waals surface area contributed by atoms with Gasteiger partial charge in [0.05, 0.1) is 0 Å². The van der Waals surface area contributed by atoms with E-state index < -0.39 is 0 Å². The number of anilines is 1. The molecule has 0 aliphatic heterocycles. The topological polar surface area (TPSA) is 29.0 Å². The molecule has 0 aromatic carbocycles. The van der Waals surface area contributed by atoms with E-state index in [2.05, 4.69) is 51.4 Å². The van der Waals surface area contributed by atoms with Crippen LogP contribution < -0.4 is 4.90 Å². The van der Waals surface area contributed by atoms with Gasteiger partial charge in [0.2, 0.25) is 5.95 Å². The van der Waals surface area contributed by atoms with Crippen LogP contribution in [0.25, 0.3) is 0 Å². The third-order valence-electron chi connectivity index (χ3n) is 3.38. The fraction of sp³-hybridized carbons (Fsp3) is 0.667. The zero-order chi connectivity index (χ0) is 11.5. The van der Waals surface area contributed by atoms with Crippen LogP contribution in [0.2, 0.25) is 0 Å². The van der Waals surface area contributed by atoms with Crippen LogP contribution in [-0.2, 0) is 0 Å². The van der Waals surface area contributed by atoms with Gasteiger partial charge < -0.3 is 4.90 Å². The van der Waals surface area contributed by atoms with Gasteiger partial charge in [-0.25, -0.2) is 9.97 Å². The summed E-state index contributed by atoms with van der Waals surface area (Å²) in [5.74, 6) is 1.70. The van der Waals surface area contributed by atoms with E-state index >= 15 is 0 Å². The third kappa shape index (κ3) is 2.84. The first-order chi connectivity index (χ1) is 7.66. The van der Waals surface area contributed by atoms with Crippen molar-refractivity contribution >= 4 is 28.5 Å². The largest absolute Gasteiger partial charge is 0.341 e. The zero-order valence-corrected chi connectivity index (χ0v) is 12.0. The normalized spacial score (nSPS) is 25.4. The molecule has 16 heavy (non-hydrogen) atoms. The molecule has 0 amide bonds. The Bertz CT molecular complexity index is 339. The first kappa shape index (κ1) is 12.1. The van der Waals surface area contributed by atoms with Crippen LogP contribution >= 0.6 is 22.6 Å². The average molecular weight is 331 g/mol. The lowest BCUT2D eigenvalue weighted by molar-refractivity contribution is 0.334. The fourth-order valence-electron chi connectivity index (χ4n) is 2.40. The molecular weight excluding hydrogens is 313 g/mol. The zero-order valence-electron chi connectivity index (χ0n) is 9.86. The highest BCUT2D eigenvalue weighted by Crippen LogP contribution is 2.28. The molecule has 2 rings (SSSR count). The summed E-state index contributed by atoms with van der Waals surface area (Å²) in [6.45, 7) is 2.34. The molecule has 0 radical (unpaired) electrons. The molecular formula is C12H18IN3. The molecule has 1 aliphatic rings. The first-order valence-corrected chi connectivity index (χ1v) is 6.95. The number of rotatable bonds is 2. The highest BCUT2D eigenvalue weighted by molar-refractivity contribution is 14.1. The number of halogens is 1. The second kappa shape index (κ2) is 5.29. The van der Waals surface area contributed by atoms with Gasteiger partial charge in [-0.05, 0) is 41.4 Å². The van der Waals surface area contributed by atoms with E-state index in [1.54, 1.807) is 0 Å². The Kier molecular flexibility index (Phi) is 4.00. The lowest BCUT2D eigenvalue weighted by Crippen LogP contribution is -2.36. The molecule has 1 heterocycles. The number of aromatic nitrogens is 2. The lowest BCUT2D eigenvalue weighted by atomic mass is 9.86. The molecule has 4 heteroatoms. The second-order valence-electron chi connectivity index (χ2n) is 4.74. The number of hydrogen-bond donors (Lipinski definition) is 0. The van der Waals surface area contributed by atoms with E-state index in [1.165, 1.54) is 25.7 Å².